The van der Waals surface area contributed by atoms with Crippen LogP contribution in [0.3, 0.4) is 0 Å². The van der Waals surface area contributed by atoms with Gasteiger partial charge in [-0.3, -0.25) is 0 Å². The van der Waals surface area contributed by atoms with E-state index in [4.69, 9.17) is 0 Å². The van der Waals surface area contributed by atoms with Gasteiger partial charge in [0, 0.05) is 0 Å². The van der Waals surface area contributed by atoms with E-state index in [1.165, 1.54) is 65.0 Å². The first kappa shape index (κ1) is 22.8. The number of rotatable bonds is 15. The van der Waals surface area contributed by atoms with Crippen LogP contribution in [0.5, 0.6) is 0 Å². The molecule has 0 saturated carbocycles. The van der Waals surface area contributed by atoms with Crippen LogP contribution < -0.4 is 0 Å². The van der Waals surface area contributed by atoms with Gasteiger partial charge in [-0.25, -0.2) is 0 Å². The Kier molecular flexibility index (Phi) is 15.9. The van der Waals surface area contributed by atoms with Gasteiger partial charge in [-0.05, 0) is 0 Å². The minimum atomic E-state index is -1.29. The fraction of sp³-hybridized carbons (Fsp3) is 1.00. The van der Waals surface area contributed by atoms with Crippen LogP contribution in [0.2, 0.25) is 12.0 Å². The summed E-state index contributed by atoms with van der Waals surface area (Å²) in [6, 6.07) is 0. The SMILES string of the molecule is CCCN(CCC)CC[CH2][In]([CH2]CCN(CC)CC)[CH](C)C. The van der Waals surface area contributed by atoms with Crippen molar-refractivity contribution < 1.29 is 0 Å². The van der Waals surface area contributed by atoms with Gasteiger partial charge in [0.15, 0.2) is 0 Å². The molecule has 0 atom stereocenters. The van der Waals surface area contributed by atoms with E-state index in [9.17, 15) is 0 Å². The maximum atomic E-state index is 2.69. The van der Waals surface area contributed by atoms with E-state index >= 15 is 0 Å². The van der Waals surface area contributed by atoms with Crippen molar-refractivity contribution in [1.29, 1.82) is 0 Å². The molecule has 0 aliphatic carbocycles. The minimum absolute atomic E-state index is 1.05. The van der Waals surface area contributed by atoms with E-state index in [1.807, 2.05) is 0 Å². The Morgan fingerprint density at radius 1 is 0.682 bits per heavy atom. The first-order valence-corrected chi connectivity index (χ1v) is 16.6. The summed E-state index contributed by atoms with van der Waals surface area (Å²) in [5.74, 6) is 0. The molecule has 0 spiro atoms. The van der Waals surface area contributed by atoms with Crippen LogP contribution in [0.1, 0.15) is 67.2 Å². The van der Waals surface area contributed by atoms with E-state index in [-0.39, 0.29) is 0 Å². The van der Waals surface area contributed by atoms with Crippen molar-refractivity contribution >= 4 is 21.4 Å². The van der Waals surface area contributed by atoms with E-state index in [0.29, 0.717) is 0 Å². The third kappa shape index (κ3) is 11.3. The predicted molar refractivity (Wildman–Crippen MR) is 105 cm³/mol. The molecule has 132 valence electrons. The van der Waals surface area contributed by atoms with Crippen molar-refractivity contribution in [3.63, 3.8) is 0 Å². The molecule has 0 aliphatic rings. The Balaban J connectivity index is 4.02. The molecule has 0 aromatic rings. The van der Waals surface area contributed by atoms with Gasteiger partial charge in [0.1, 0.15) is 0 Å². The summed E-state index contributed by atoms with van der Waals surface area (Å²) in [6.45, 7) is 22.0. The Bertz CT molecular complexity index is 223. The van der Waals surface area contributed by atoms with Crippen molar-refractivity contribution in [3.05, 3.63) is 0 Å². The molecule has 0 radical (unpaired) electrons. The van der Waals surface area contributed by atoms with Crippen LogP contribution in [-0.2, 0) is 0 Å². The Hall–Kier alpha value is 0.790. The summed E-state index contributed by atoms with van der Waals surface area (Å²) in [5.41, 5.74) is 0. The molecule has 22 heavy (non-hydrogen) atoms. The third-order valence-corrected chi connectivity index (χ3v) is 17.0. The molecule has 0 aromatic carbocycles. The van der Waals surface area contributed by atoms with E-state index in [0.717, 1.165) is 3.67 Å². The quantitative estimate of drug-likeness (QED) is 0.366. The van der Waals surface area contributed by atoms with E-state index < -0.39 is 21.4 Å². The fourth-order valence-electron chi connectivity index (χ4n) is 3.47. The first-order chi connectivity index (χ1) is 10.6. The Morgan fingerprint density at radius 3 is 1.50 bits per heavy atom. The zero-order chi connectivity index (χ0) is 16.8. The van der Waals surface area contributed by atoms with Crippen LogP contribution in [0.15, 0.2) is 0 Å². The first-order valence-electron chi connectivity index (χ1n) is 10.0. The average Bonchev–Trinajstić information content (AvgIpc) is 2.50. The van der Waals surface area contributed by atoms with Gasteiger partial charge in [0.25, 0.3) is 0 Å². The molecule has 3 heteroatoms. The van der Waals surface area contributed by atoms with Crippen molar-refractivity contribution in [2.24, 2.45) is 0 Å². The van der Waals surface area contributed by atoms with Gasteiger partial charge in [-0.1, -0.05) is 0 Å². The Morgan fingerprint density at radius 2 is 1.14 bits per heavy atom. The van der Waals surface area contributed by atoms with Gasteiger partial charge in [0.2, 0.25) is 0 Å². The van der Waals surface area contributed by atoms with Gasteiger partial charge in [-0.15, -0.1) is 0 Å². The summed E-state index contributed by atoms with van der Waals surface area (Å²) in [6.07, 6.45) is 5.56. The molecular weight excluding hydrogens is 371 g/mol. The molecule has 0 heterocycles. The molecule has 0 aliphatic heterocycles. The molecule has 0 N–H and O–H groups in total. The van der Waals surface area contributed by atoms with Gasteiger partial charge in [-0.2, -0.15) is 0 Å². The summed E-state index contributed by atoms with van der Waals surface area (Å²) in [4.78, 5) is 5.28. The zero-order valence-electron chi connectivity index (χ0n) is 16.5. The van der Waals surface area contributed by atoms with Crippen LogP contribution in [-0.4, -0.2) is 70.5 Å². The van der Waals surface area contributed by atoms with E-state index in [2.05, 4.69) is 51.3 Å². The topological polar surface area (TPSA) is 6.48 Å². The number of hydrogen-bond donors (Lipinski definition) is 0. The zero-order valence-corrected chi connectivity index (χ0v) is 19.8. The second kappa shape index (κ2) is 15.3. The molecule has 0 unspecified atom stereocenters. The molecule has 0 aromatic heterocycles. The Labute approximate surface area is 149 Å². The van der Waals surface area contributed by atoms with Gasteiger partial charge >= 0.3 is 150 Å². The van der Waals surface area contributed by atoms with Crippen molar-refractivity contribution in [2.75, 3.05) is 39.3 Å². The second-order valence-electron chi connectivity index (χ2n) is 7.16. The van der Waals surface area contributed by atoms with Crippen molar-refractivity contribution in [2.45, 2.75) is 79.3 Å². The third-order valence-electron chi connectivity index (χ3n) is 5.02. The average molecular weight is 414 g/mol. The normalized spacial score (nSPS) is 11.9. The molecule has 0 fully saturated rings. The molecule has 0 bridgehead atoms. The van der Waals surface area contributed by atoms with Gasteiger partial charge in [0.05, 0.1) is 0 Å². The molecular formula is C19H43InN2. The number of nitrogens with zero attached hydrogens (tertiary/aromatic N) is 2. The molecule has 0 amide bonds. The molecule has 0 rings (SSSR count). The fourth-order valence-corrected chi connectivity index (χ4v) is 12.1. The monoisotopic (exact) mass is 414 g/mol. The van der Waals surface area contributed by atoms with Crippen molar-refractivity contribution in [3.8, 4) is 0 Å². The van der Waals surface area contributed by atoms with Crippen LogP contribution in [0, 0.1) is 0 Å². The van der Waals surface area contributed by atoms with Crippen molar-refractivity contribution in [1.82, 2.24) is 9.80 Å². The summed E-state index contributed by atoms with van der Waals surface area (Å²) >= 11 is -1.29. The summed E-state index contributed by atoms with van der Waals surface area (Å²) in [5, 5.41) is 0. The summed E-state index contributed by atoms with van der Waals surface area (Å²) < 4.78 is 4.29. The predicted octanol–water partition coefficient (Wildman–Crippen LogP) is 5.14. The van der Waals surface area contributed by atoms with Crippen LogP contribution in [0.25, 0.3) is 0 Å². The standard InChI is InChI=1S/C9H20N.C7H16N.C3H7.In/c1-4-7-10(8-5-2)9-6-3;1-4-7-8(5-2)6-3;1-3-2;/h1,4-9H2,2-3H3;1,4-7H2,2-3H3;3H,1-2H3;. The number of hydrogen-bond acceptors (Lipinski definition) is 2. The molecule has 2 nitrogen and oxygen atoms in total. The maximum absolute atomic E-state index is 2.69. The van der Waals surface area contributed by atoms with Gasteiger partial charge < -0.3 is 0 Å². The van der Waals surface area contributed by atoms with Crippen LogP contribution >= 0.6 is 0 Å². The van der Waals surface area contributed by atoms with E-state index in [1.54, 1.807) is 8.35 Å². The summed E-state index contributed by atoms with van der Waals surface area (Å²) in [7, 11) is 0. The second-order valence-corrected chi connectivity index (χ2v) is 18.6. The van der Waals surface area contributed by atoms with Crippen LogP contribution in [0.4, 0.5) is 0 Å². The molecule has 0 saturated heterocycles.